The van der Waals surface area contributed by atoms with E-state index in [-0.39, 0.29) is 0 Å². The van der Waals surface area contributed by atoms with E-state index in [2.05, 4.69) is 48.4 Å². The van der Waals surface area contributed by atoms with Crippen molar-refractivity contribution in [2.45, 2.75) is 26.7 Å². The van der Waals surface area contributed by atoms with Crippen molar-refractivity contribution in [3.8, 4) is 10.6 Å². The first-order chi connectivity index (χ1) is 8.74. The van der Waals surface area contributed by atoms with Crippen LogP contribution in [0.3, 0.4) is 0 Å². The van der Waals surface area contributed by atoms with Crippen molar-refractivity contribution in [1.82, 2.24) is 10.3 Å². The summed E-state index contributed by atoms with van der Waals surface area (Å²) in [6.07, 6.45) is 2.15. The summed E-state index contributed by atoms with van der Waals surface area (Å²) in [5.41, 5.74) is 3.78. The maximum absolute atomic E-state index is 4.68. The van der Waals surface area contributed by atoms with E-state index >= 15 is 0 Å². The molecule has 0 amide bonds. The van der Waals surface area contributed by atoms with Crippen molar-refractivity contribution in [3.05, 3.63) is 40.4 Å². The number of hydrogen-bond acceptors (Lipinski definition) is 3. The lowest BCUT2D eigenvalue weighted by Gasteiger charge is -1.98. The van der Waals surface area contributed by atoms with Crippen LogP contribution in [0.5, 0.6) is 0 Å². The van der Waals surface area contributed by atoms with E-state index in [0.29, 0.717) is 0 Å². The molecule has 2 nitrogen and oxygen atoms in total. The lowest BCUT2D eigenvalue weighted by atomic mass is 10.1. The summed E-state index contributed by atoms with van der Waals surface area (Å²) in [5, 5.41) is 4.33. The van der Waals surface area contributed by atoms with Gasteiger partial charge < -0.3 is 5.32 Å². The quantitative estimate of drug-likeness (QED) is 0.890. The minimum atomic E-state index is 1.01. The van der Waals surface area contributed by atoms with Gasteiger partial charge in [0, 0.05) is 10.4 Å². The Morgan fingerprint density at radius 3 is 2.56 bits per heavy atom. The molecular weight excluding hydrogens is 240 g/mol. The van der Waals surface area contributed by atoms with Crippen LogP contribution >= 0.6 is 11.3 Å². The molecule has 1 aromatic carbocycles. The highest BCUT2D eigenvalue weighted by molar-refractivity contribution is 7.15. The molecule has 0 fully saturated rings. The lowest BCUT2D eigenvalue weighted by molar-refractivity contribution is 0.795. The van der Waals surface area contributed by atoms with Crippen molar-refractivity contribution in [2.24, 2.45) is 0 Å². The van der Waals surface area contributed by atoms with Crippen LogP contribution in [0.25, 0.3) is 10.6 Å². The fraction of sp³-hybridized carbons (Fsp3) is 0.400. The molecule has 1 N–H and O–H groups in total. The van der Waals surface area contributed by atoms with Gasteiger partial charge in [0.1, 0.15) is 5.01 Å². The third kappa shape index (κ3) is 2.98. The number of likely N-dealkylation sites (N-methyl/N-ethyl adjacent to an activating group) is 1. The van der Waals surface area contributed by atoms with E-state index in [0.717, 1.165) is 24.4 Å². The largest absolute Gasteiger partial charge is 0.319 e. The summed E-state index contributed by atoms with van der Waals surface area (Å²) < 4.78 is 0. The molecule has 0 aliphatic rings. The van der Waals surface area contributed by atoms with Gasteiger partial charge in [0.15, 0.2) is 0 Å². The van der Waals surface area contributed by atoms with Gasteiger partial charge in [-0.25, -0.2) is 4.98 Å². The molecular formula is C15H20N2S. The van der Waals surface area contributed by atoms with Gasteiger partial charge in [-0.1, -0.05) is 31.2 Å². The zero-order chi connectivity index (χ0) is 13.0. The molecule has 18 heavy (non-hydrogen) atoms. The first kappa shape index (κ1) is 13.2. The summed E-state index contributed by atoms with van der Waals surface area (Å²) >= 11 is 1.81. The average Bonchev–Trinajstić information content (AvgIpc) is 2.78. The Bertz CT molecular complexity index is 500. The Morgan fingerprint density at radius 1 is 1.22 bits per heavy atom. The molecule has 1 aromatic heterocycles. The van der Waals surface area contributed by atoms with Crippen LogP contribution in [0.1, 0.15) is 23.1 Å². The first-order valence-electron chi connectivity index (χ1n) is 6.44. The number of rotatable bonds is 5. The molecule has 2 rings (SSSR count). The molecule has 3 heteroatoms. The Balaban J connectivity index is 2.21. The van der Waals surface area contributed by atoms with Gasteiger partial charge >= 0.3 is 0 Å². The number of nitrogens with one attached hydrogen (secondary N) is 1. The van der Waals surface area contributed by atoms with E-state index in [4.69, 9.17) is 0 Å². The van der Waals surface area contributed by atoms with Gasteiger partial charge in [0.05, 0.1) is 5.69 Å². The standard InChI is InChI=1S/C15H20N2S/c1-4-12-5-7-13(8-6-12)15-17-11(2)14(18-15)9-10-16-3/h5-8,16H,4,9-10H2,1-3H3. The number of nitrogens with zero attached hydrogens (tertiary/aromatic N) is 1. The zero-order valence-corrected chi connectivity index (χ0v) is 12.1. The second-order valence-electron chi connectivity index (χ2n) is 4.43. The molecule has 96 valence electrons. The molecule has 0 aliphatic carbocycles. The summed E-state index contributed by atoms with van der Waals surface area (Å²) in [6.45, 7) is 5.29. The third-order valence-corrected chi connectivity index (χ3v) is 4.37. The van der Waals surface area contributed by atoms with Gasteiger partial charge in [-0.05, 0) is 38.9 Å². The Labute approximate surface area is 113 Å². The number of benzene rings is 1. The van der Waals surface area contributed by atoms with E-state index < -0.39 is 0 Å². The van der Waals surface area contributed by atoms with Gasteiger partial charge in [0.2, 0.25) is 0 Å². The van der Waals surface area contributed by atoms with Gasteiger partial charge in [0.25, 0.3) is 0 Å². The highest BCUT2D eigenvalue weighted by atomic mass is 32.1. The molecule has 0 radical (unpaired) electrons. The van der Waals surface area contributed by atoms with Crippen molar-refractivity contribution >= 4 is 11.3 Å². The lowest BCUT2D eigenvalue weighted by Crippen LogP contribution is -2.09. The Morgan fingerprint density at radius 2 is 1.94 bits per heavy atom. The fourth-order valence-electron chi connectivity index (χ4n) is 1.91. The minimum absolute atomic E-state index is 1.01. The predicted octanol–water partition coefficient (Wildman–Crippen LogP) is 3.44. The number of aryl methyl sites for hydroxylation is 2. The molecule has 0 saturated heterocycles. The zero-order valence-electron chi connectivity index (χ0n) is 11.3. The summed E-state index contributed by atoms with van der Waals surface area (Å²) in [5.74, 6) is 0. The molecule has 0 spiro atoms. The van der Waals surface area contributed by atoms with Crippen molar-refractivity contribution < 1.29 is 0 Å². The second-order valence-corrected chi connectivity index (χ2v) is 5.52. The molecule has 2 aromatic rings. The highest BCUT2D eigenvalue weighted by Crippen LogP contribution is 2.28. The Hall–Kier alpha value is -1.19. The molecule has 0 saturated carbocycles. The van der Waals surface area contributed by atoms with Gasteiger partial charge in [-0.3, -0.25) is 0 Å². The summed E-state index contributed by atoms with van der Waals surface area (Å²) in [7, 11) is 1.99. The van der Waals surface area contributed by atoms with E-state index in [1.54, 1.807) is 0 Å². The van der Waals surface area contributed by atoms with E-state index in [1.165, 1.54) is 21.7 Å². The second kappa shape index (κ2) is 6.12. The van der Waals surface area contributed by atoms with E-state index in [9.17, 15) is 0 Å². The van der Waals surface area contributed by atoms with Crippen molar-refractivity contribution in [2.75, 3.05) is 13.6 Å². The molecule has 1 heterocycles. The minimum Gasteiger partial charge on any atom is -0.319 e. The topological polar surface area (TPSA) is 24.9 Å². The molecule has 0 unspecified atom stereocenters. The first-order valence-corrected chi connectivity index (χ1v) is 7.26. The maximum atomic E-state index is 4.68. The van der Waals surface area contributed by atoms with Crippen LogP contribution < -0.4 is 5.32 Å². The number of hydrogen-bond donors (Lipinski definition) is 1. The summed E-state index contributed by atoms with van der Waals surface area (Å²) in [6, 6.07) is 8.75. The normalized spacial score (nSPS) is 10.8. The van der Waals surface area contributed by atoms with Gasteiger partial charge in [-0.2, -0.15) is 0 Å². The van der Waals surface area contributed by atoms with Crippen molar-refractivity contribution in [1.29, 1.82) is 0 Å². The number of thiazole rings is 1. The molecule has 0 aliphatic heterocycles. The summed E-state index contributed by atoms with van der Waals surface area (Å²) in [4.78, 5) is 6.07. The SMILES string of the molecule is CCc1ccc(-c2nc(C)c(CCNC)s2)cc1. The molecule has 0 atom stereocenters. The predicted molar refractivity (Wildman–Crippen MR) is 79.3 cm³/mol. The Kier molecular flexibility index (Phi) is 4.50. The fourth-order valence-corrected chi connectivity index (χ4v) is 2.97. The monoisotopic (exact) mass is 260 g/mol. The van der Waals surface area contributed by atoms with Gasteiger partial charge in [-0.15, -0.1) is 11.3 Å². The van der Waals surface area contributed by atoms with Crippen LogP contribution in [-0.4, -0.2) is 18.6 Å². The third-order valence-electron chi connectivity index (χ3n) is 3.10. The molecule has 0 bridgehead atoms. The maximum Gasteiger partial charge on any atom is 0.123 e. The van der Waals surface area contributed by atoms with Crippen LogP contribution in [0.4, 0.5) is 0 Å². The van der Waals surface area contributed by atoms with Crippen LogP contribution in [0.2, 0.25) is 0 Å². The van der Waals surface area contributed by atoms with Crippen LogP contribution in [0, 0.1) is 6.92 Å². The number of aromatic nitrogens is 1. The van der Waals surface area contributed by atoms with Crippen LogP contribution in [0.15, 0.2) is 24.3 Å². The smallest absolute Gasteiger partial charge is 0.123 e. The van der Waals surface area contributed by atoms with Crippen LogP contribution in [-0.2, 0) is 12.8 Å². The van der Waals surface area contributed by atoms with Crippen molar-refractivity contribution in [3.63, 3.8) is 0 Å². The average molecular weight is 260 g/mol. The van der Waals surface area contributed by atoms with E-state index in [1.807, 2.05) is 18.4 Å². The highest BCUT2D eigenvalue weighted by Gasteiger charge is 2.08.